The Morgan fingerprint density at radius 2 is 1.95 bits per heavy atom. The van der Waals surface area contributed by atoms with Crippen molar-refractivity contribution < 1.29 is 14.6 Å². The fraction of sp³-hybridized carbons (Fsp3) is 0.235. The lowest BCUT2D eigenvalue weighted by molar-refractivity contribution is -0.144. The van der Waals surface area contributed by atoms with Gasteiger partial charge in [0.25, 0.3) is 0 Å². The van der Waals surface area contributed by atoms with Crippen molar-refractivity contribution in [2.45, 2.75) is 19.6 Å². The van der Waals surface area contributed by atoms with Crippen LogP contribution >= 0.6 is 0 Å². The molecule has 0 unspecified atom stereocenters. The molecule has 0 spiro atoms. The SMILES string of the molecule is CCOC(=O)[C@@H](Nc1cccc(CO)c1)c1ccccc1. The van der Waals surface area contributed by atoms with Gasteiger partial charge in [0.15, 0.2) is 6.04 Å². The van der Waals surface area contributed by atoms with Crippen molar-refractivity contribution in [2.24, 2.45) is 0 Å². The molecule has 0 saturated heterocycles. The number of rotatable bonds is 6. The van der Waals surface area contributed by atoms with Crippen molar-refractivity contribution in [1.82, 2.24) is 0 Å². The largest absolute Gasteiger partial charge is 0.464 e. The maximum atomic E-state index is 12.2. The number of anilines is 1. The number of hydrogen-bond donors (Lipinski definition) is 2. The number of carbonyl (C=O) groups excluding carboxylic acids is 1. The normalized spacial score (nSPS) is 11.7. The lowest BCUT2D eigenvalue weighted by Crippen LogP contribution is -2.23. The molecule has 2 N–H and O–H groups in total. The molecule has 0 aromatic heterocycles. The molecule has 0 radical (unpaired) electrons. The van der Waals surface area contributed by atoms with Crippen LogP contribution in [0.2, 0.25) is 0 Å². The van der Waals surface area contributed by atoms with Gasteiger partial charge in [0.1, 0.15) is 0 Å². The predicted octanol–water partition coefficient (Wildman–Crippen LogP) is 2.90. The Kier molecular flexibility index (Phi) is 5.35. The van der Waals surface area contributed by atoms with Gasteiger partial charge in [0.05, 0.1) is 13.2 Å². The smallest absolute Gasteiger partial charge is 0.333 e. The van der Waals surface area contributed by atoms with E-state index in [9.17, 15) is 9.90 Å². The van der Waals surface area contributed by atoms with Crippen molar-refractivity contribution in [3.63, 3.8) is 0 Å². The molecule has 2 rings (SSSR count). The minimum Gasteiger partial charge on any atom is -0.464 e. The second kappa shape index (κ2) is 7.45. The fourth-order valence-corrected chi connectivity index (χ4v) is 2.08. The van der Waals surface area contributed by atoms with Gasteiger partial charge in [-0.1, -0.05) is 42.5 Å². The van der Waals surface area contributed by atoms with Crippen LogP contribution in [-0.2, 0) is 16.1 Å². The first-order chi connectivity index (χ1) is 10.2. The third-order valence-corrected chi connectivity index (χ3v) is 3.08. The van der Waals surface area contributed by atoms with Crippen LogP contribution in [0.4, 0.5) is 5.69 Å². The van der Waals surface area contributed by atoms with Gasteiger partial charge < -0.3 is 15.2 Å². The summed E-state index contributed by atoms with van der Waals surface area (Å²) in [5, 5.41) is 12.4. The van der Waals surface area contributed by atoms with E-state index in [4.69, 9.17) is 4.74 Å². The molecule has 110 valence electrons. The van der Waals surface area contributed by atoms with Crippen molar-refractivity contribution >= 4 is 11.7 Å². The van der Waals surface area contributed by atoms with E-state index in [2.05, 4.69) is 5.32 Å². The highest BCUT2D eigenvalue weighted by Gasteiger charge is 2.21. The molecule has 0 bridgehead atoms. The third-order valence-electron chi connectivity index (χ3n) is 3.08. The third kappa shape index (κ3) is 4.07. The van der Waals surface area contributed by atoms with Gasteiger partial charge in [-0.15, -0.1) is 0 Å². The van der Waals surface area contributed by atoms with Crippen molar-refractivity contribution in [1.29, 1.82) is 0 Å². The minimum atomic E-state index is -0.569. The van der Waals surface area contributed by atoms with Gasteiger partial charge in [-0.25, -0.2) is 4.79 Å². The summed E-state index contributed by atoms with van der Waals surface area (Å²) in [6, 6.07) is 16.2. The molecule has 1 atom stereocenters. The Bertz CT molecular complexity index is 584. The molecule has 0 amide bonds. The molecular weight excluding hydrogens is 266 g/mol. The van der Waals surface area contributed by atoms with E-state index in [1.165, 1.54) is 0 Å². The average molecular weight is 285 g/mol. The molecule has 2 aromatic rings. The fourth-order valence-electron chi connectivity index (χ4n) is 2.08. The highest BCUT2D eigenvalue weighted by molar-refractivity contribution is 5.81. The molecule has 0 saturated carbocycles. The Morgan fingerprint density at radius 1 is 1.19 bits per heavy atom. The second-order valence-electron chi connectivity index (χ2n) is 4.60. The average Bonchev–Trinajstić information content (AvgIpc) is 2.54. The predicted molar refractivity (Wildman–Crippen MR) is 81.8 cm³/mol. The van der Waals surface area contributed by atoms with Gasteiger partial charge >= 0.3 is 5.97 Å². The summed E-state index contributed by atoms with van der Waals surface area (Å²) in [5.74, 6) is -0.321. The molecule has 4 nitrogen and oxygen atoms in total. The highest BCUT2D eigenvalue weighted by Crippen LogP contribution is 2.22. The topological polar surface area (TPSA) is 58.6 Å². The standard InChI is InChI=1S/C17H19NO3/c1-2-21-17(20)16(14-8-4-3-5-9-14)18-15-10-6-7-13(11-15)12-19/h3-11,16,18-19H,2,12H2,1H3/t16-/m0/s1. The summed E-state index contributed by atoms with van der Waals surface area (Å²) in [6.07, 6.45) is 0. The van der Waals surface area contributed by atoms with Gasteiger partial charge in [-0.05, 0) is 30.2 Å². The highest BCUT2D eigenvalue weighted by atomic mass is 16.5. The van der Waals surface area contributed by atoms with Crippen LogP contribution in [0, 0.1) is 0 Å². The molecule has 0 fully saturated rings. The van der Waals surface area contributed by atoms with Gasteiger partial charge in [-0.2, -0.15) is 0 Å². The first-order valence-electron chi connectivity index (χ1n) is 6.92. The summed E-state index contributed by atoms with van der Waals surface area (Å²) in [6.45, 7) is 2.08. The van der Waals surface area contributed by atoms with E-state index in [0.717, 1.165) is 16.8 Å². The van der Waals surface area contributed by atoms with Crippen LogP contribution in [0.25, 0.3) is 0 Å². The molecule has 0 aliphatic rings. The summed E-state index contributed by atoms with van der Waals surface area (Å²) in [4.78, 5) is 12.2. The quantitative estimate of drug-likeness (QED) is 0.801. The van der Waals surface area contributed by atoms with E-state index < -0.39 is 6.04 Å². The number of hydrogen-bond acceptors (Lipinski definition) is 4. The number of nitrogens with one attached hydrogen (secondary N) is 1. The molecule has 0 aliphatic carbocycles. The van der Waals surface area contributed by atoms with Crippen molar-refractivity contribution in [2.75, 3.05) is 11.9 Å². The second-order valence-corrected chi connectivity index (χ2v) is 4.60. The summed E-state index contributed by atoms with van der Waals surface area (Å²) < 4.78 is 5.14. The maximum absolute atomic E-state index is 12.2. The summed E-state index contributed by atoms with van der Waals surface area (Å²) >= 11 is 0. The zero-order valence-electron chi connectivity index (χ0n) is 12.0. The van der Waals surface area contributed by atoms with Crippen LogP contribution < -0.4 is 5.32 Å². The lowest BCUT2D eigenvalue weighted by atomic mass is 10.1. The zero-order chi connectivity index (χ0) is 15.1. The van der Waals surface area contributed by atoms with E-state index in [1.54, 1.807) is 6.92 Å². The zero-order valence-corrected chi connectivity index (χ0v) is 12.0. The lowest BCUT2D eigenvalue weighted by Gasteiger charge is -2.19. The number of aliphatic hydroxyl groups is 1. The Morgan fingerprint density at radius 3 is 2.62 bits per heavy atom. The van der Waals surface area contributed by atoms with Gasteiger partial charge in [-0.3, -0.25) is 0 Å². The Balaban J connectivity index is 2.25. The molecular formula is C17H19NO3. The summed E-state index contributed by atoms with van der Waals surface area (Å²) in [7, 11) is 0. The van der Waals surface area contributed by atoms with Crippen LogP contribution in [0.5, 0.6) is 0 Å². The van der Waals surface area contributed by atoms with Crippen LogP contribution in [0.3, 0.4) is 0 Å². The van der Waals surface area contributed by atoms with E-state index in [-0.39, 0.29) is 12.6 Å². The first kappa shape index (κ1) is 15.1. The first-order valence-corrected chi connectivity index (χ1v) is 6.92. The number of esters is 1. The van der Waals surface area contributed by atoms with Crippen LogP contribution in [-0.4, -0.2) is 17.7 Å². The molecule has 0 heterocycles. The summed E-state index contributed by atoms with van der Waals surface area (Å²) in [5.41, 5.74) is 2.39. The Hall–Kier alpha value is -2.33. The minimum absolute atomic E-state index is 0.0368. The number of ether oxygens (including phenoxy) is 1. The molecule has 21 heavy (non-hydrogen) atoms. The van der Waals surface area contributed by atoms with E-state index in [1.807, 2.05) is 54.6 Å². The maximum Gasteiger partial charge on any atom is 0.333 e. The van der Waals surface area contributed by atoms with Crippen LogP contribution in [0.1, 0.15) is 24.1 Å². The van der Waals surface area contributed by atoms with Crippen LogP contribution in [0.15, 0.2) is 54.6 Å². The van der Waals surface area contributed by atoms with Crippen molar-refractivity contribution in [3.8, 4) is 0 Å². The number of carbonyl (C=O) groups is 1. The van der Waals surface area contributed by atoms with Crippen molar-refractivity contribution in [3.05, 3.63) is 65.7 Å². The molecule has 0 aliphatic heterocycles. The van der Waals surface area contributed by atoms with Gasteiger partial charge in [0, 0.05) is 5.69 Å². The molecule has 2 aromatic carbocycles. The van der Waals surface area contributed by atoms with E-state index >= 15 is 0 Å². The van der Waals surface area contributed by atoms with E-state index in [0.29, 0.717) is 6.61 Å². The number of benzene rings is 2. The Labute approximate surface area is 124 Å². The monoisotopic (exact) mass is 285 g/mol. The van der Waals surface area contributed by atoms with Gasteiger partial charge in [0.2, 0.25) is 0 Å². The number of aliphatic hydroxyl groups excluding tert-OH is 1. The molecule has 4 heteroatoms.